The van der Waals surface area contributed by atoms with Gasteiger partial charge in [0, 0.05) is 24.7 Å². The van der Waals surface area contributed by atoms with Crippen molar-refractivity contribution < 1.29 is 14.3 Å². The number of methoxy groups -OCH3 is 1. The molecule has 10 heteroatoms. The van der Waals surface area contributed by atoms with Crippen LogP contribution in [0, 0.1) is 11.3 Å². The molecule has 2 aromatic carbocycles. The van der Waals surface area contributed by atoms with E-state index in [4.69, 9.17) is 14.7 Å². The molecule has 0 unspecified atom stereocenters. The molecule has 0 aliphatic carbocycles. The molecule has 1 amide bonds. The topological polar surface area (TPSA) is 129 Å². The highest BCUT2D eigenvalue weighted by Crippen LogP contribution is 2.31. The zero-order chi connectivity index (χ0) is 27.8. The molecule has 0 saturated heterocycles. The second kappa shape index (κ2) is 12.1. The first-order chi connectivity index (χ1) is 18.7. The van der Waals surface area contributed by atoms with Gasteiger partial charge in [-0.1, -0.05) is 36.4 Å². The van der Waals surface area contributed by atoms with Crippen LogP contribution in [0.2, 0.25) is 0 Å². The standard InChI is InChI=1S/C29H31N7O3/c1-29(2,3)39-28(37)36(19-21-8-6-5-7-9-21)13-12-20-10-11-23(25(14-20)38-4)24-15-26(35-34-24)33-27-18-31-22(16-30)17-32-27/h5-11,14-15,17-18H,12-13,19H2,1-4H3,(H2,32,33,34,35). The number of amides is 1. The van der Waals surface area contributed by atoms with Crippen LogP contribution >= 0.6 is 0 Å². The summed E-state index contributed by atoms with van der Waals surface area (Å²) in [6, 6.07) is 19.6. The molecule has 2 aromatic heterocycles. The van der Waals surface area contributed by atoms with Crippen LogP contribution in [0.25, 0.3) is 11.3 Å². The number of ether oxygens (including phenoxy) is 2. The van der Waals surface area contributed by atoms with Gasteiger partial charge in [-0.25, -0.2) is 14.8 Å². The van der Waals surface area contributed by atoms with Crippen molar-refractivity contribution in [1.29, 1.82) is 5.26 Å². The van der Waals surface area contributed by atoms with Crippen LogP contribution in [0.4, 0.5) is 16.4 Å². The van der Waals surface area contributed by atoms with Crippen LogP contribution in [-0.4, -0.2) is 50.4 Å². The Morgan fingerprint density at radius 1 is 1.05 bits per heavy atom. The quantitative estimate of drug-likeness (QED) is 0.294. The van der Waals surface area contributed by atoms with Crippen molar-refractivity contribution in [2.45, 2.75) is 39.3 Å². The number of aromatic nitrogens is 4. The third kappa shape index (κ3) is 7.55. The highest BCUT2D eigenvalue weighted by molar-refractivity contribution is 5.71. The molecular weight excluding hydrogens is 494 g/mol. The number of hydrogen-bond acceptors (Lipinski definition) is 8. The molecule has 10 nitrogen and oxygen atoms in total. The van der Waals surface area contributed by atoms with Crippen molar-refractivity contribution in [2.24, 2.45) is 0 Å². The SMILES string of the molecule is COc1cc(CCN(Cc2ccccc2)C(=O)OC(C)(C)C)ccc1-c1cc(Nc2cnc(C#N)cn2)n[nH]1. The number of carbonyl (C=O) groups is 1. The summed E-state index contributed by atoms with van der Waals surface area (Å²) in [5, 5.41) is 19.2. The van der Waals surface area contributed by atoms with E-state index in [0.29, 0.717) is 36.9 Å². The molecule has 0 atom stereocenters. The monoisotopic (exact) mass is 525 g/mol. The van der Waals surface area contributed by atoms with E-state index in [1.165, 1.54) is 12.4 Å². The van der Waals surface area contributed by atoms with Gasteiger partial charge >= 0.3 is 6.09 Å². The number of anilines is 2. The number of benzene rings is 2. The third-order valence-electron chi connectivity index (χ3n) is 5.69. The average Bonchev–Trinajstić information content (AvgIpc) is 3.39. The predicted octanol–water partition coefficient (Wildman–Crippen LogP) is 5.47. The Morgan fingerprint density at radius 3 is 2.51 bits per heavy atom. The first-order valence-electron chi connectivity index (χ1n) is 12.5. The summed E-state index contributed by atoms with van der Waals surface area (Å²) in [5.74, 6) is 1.69. The maximum atomic E-state index is 13.0. The molecule has 0 spiro atoms. The van der Waals surface area contributed by atoms with Gasteiger partial charge < -0.3 is 19.7 Å². The van der Waals surface area contributed by atoms with Gasteiger partial charge in [-0.3, -0.25) is 5.10 Å². The van der Waals surface area contributed by atoms with Crippen molar-refractivity contribution in [2.75, 3.05) is 19.0 Å². The van der Waals surface area contributed by atoms with Crippen LogP contribution in [0.5, 0.6) is 5.75 Å². The summed E-state index contributed by atoms with van der Waals surface area (Å²) in [6.07, 6.45) is 3.14. The van der Waals surface area contributed by atoms with Gasteiger partial charge in [0.15, 0.2) is 11.5 Å². The van der Waals surface area contributed by atoms with Crippen molar-refractivity contribution in [1.82, 2.24) is 25.1 Å². The minimum absolute atomic E-state index is 0.238. The first-order valence-corrected chi connectivity index (χ1v) is 12.5. The Bertz CT molecular complexity index is 1440. The van der Waals surface area contributed by atoms with E-state index in [9.17, 15) is 4.79 Å². The lowest BCUT2D eigenvalue weighted by Gasteiger charge is -2.27. The smallest absolute Gasteiger partial charge is 0.410 e. The fraction of sp³-hybridized carbons (Fsp3) is 0.276. The van der Waals surface area contributed by atoms with Crippen LogP contribution < -0.4 is 10.1 Å². The van der Waals surface area contributed by atoms with Crippen LogP contribution in [-0.2, 0) is 17.7 Å². The number of nitriles is 1. The maximum Gasteiger partial charge on any atom is 0.410 e. The predicted molar refractivity (Wildman–Crippen MR) is 147 cm³/mol. The molecule has 0 aliphatic heterocycles. The van der Waals surface area contributed by atoms with Crippen molar-refractivity contribution >= 4 is 17.7 Å². The molecular formula is C29H31N7O3. The fourth-order valence-electron chi connectivity index (χ4n) is 3.85. The molecule has 0 radical (unpaired) electrons. The number of rotatable bonds is 9. The summed E-state index contributed by atoms with van der Waals surface area (Å²) in [7, 11) is 1.62. The van der Waals surface area contributed by atoms with Crippen molar-refractivity contribution in [3.8, 4) is 23.1 Å². The second-order valence-corrected chi connectivity index (χ2v) is 9.86. The Kier molecular flexibility index (Phi) is 8.41. The Balaban J connectivity index is 1.47. The Morgan fingerprint density at radius 2 is 1.85 bits per heavy atom. The molecule has 0 saturated carbocycles. The molecule has 4 aromatic rings. The summed E-state index contributed by atoms with van der Waals surface area (Å²) in [4.78, 5) is 22.8. The zero-order valence-electron chi connectivity index (χ0n) is 22.4. The molecule has 39 heavy (non-hydrogen) atoms. The average molecular weight is 526 g/mol. The summed E-state index contributed by atoms with van der Waals surface area (Å²) in [6.45, 7) is 6.53. The molecule has 200 valence electrons. The van der Waals surface area contributed by atoms with E-state index in [1.54, 1.807) is 12.0 Å². The van der Waals surface area contributed by atoms with Crippen molar-refractivity contribution in [3.05, 3.63) is 83.8 Å². The molecule has 2 heterocycles. The van der Waals surface area contributed by atoms with Gasteiger partial charge in [0.1, 0.15) is 23.2 Å². The number of carbonyl (C=O) groups excluding carboxylic acids is 1. The third-order valence-corrected chi connectivity index (χ3v) is 5.69. The lowest BCUT2D eigenvalue weighted by atomic mass is 10.0. The number of nitrogens with one attached hydrogen (secondary N) is 2. The fourth-order valence-corrected chi connectivity index (χ4v) is 3.85. The number of nitrogens with zero attached hydrogens (tertiary/aromatic N) is 5. The van der Waals surface area contributed by atoms with Gasteiger partial charge in [0.05, 0.1) is 25.2 Å². The van der Waals surface area contributed by atoms with E-state index in [2.05, 4.69) is 25.5 Å². The minimum atomic E-state index is -0.582. The normalized spacial score (nSPS) is 10.9. The molecule has 0 fully saturated rings. The number of hydrogen-bond donors (Lipinski definition) is 2. The minimum Gasteiger partial charge on any atom is -0.496 e. The summed E-state index contributed by atoms with van der Waals surface area (Å²) >= 11 is 0. The number of H-pyrrole nitrogens is 1. The van der Waals surface area contributed by atoms with Crippen LogP contribution in [0.15, 0.2) is 67.0 Å². The van der Waals surface area contributed by atoms with E-state index < -0.39 is 5.60 Å². The van der Waals surface area contributed by atoms with E-state index in [-0.39, 0.29) is 11.8 Å². The van der Waals surface area contributed by atoms with Gasteiger partial charge in [-0.2, -0.15) is 10.4 Å². The van der Waals surface area contributed by atoms with Crippen LogP contribution in [0.3, 0.4) is 0 Å². The lowest BCUT2D eigenvalue weighted by molar-refractivity contribution is 0.0236. The van der Waals surface area contributed by atoms with Crippen molar-refractivity contribution in [3.63, 3.8) is 0 Å². The first kappa shape index (κ1) is 27.1. The van der Waals surface area contributed by atoms with Gasteiger partial charge in [-0.15, -0.1) is 0 Å². The Labute approximate surface area is 227 Å². The van der Waals surface area contributed by atoms with E-state index in [1.807, 2.05) is 81.4 Å². The van der Waals surface area contributed by atoms with Crippen LogP contribution in [0.1, 0.15) is 37.6 Å². The molecule has 2 N–H and O–H groups in total. The van der Waals surface area contributed by atoms with Gasteiger partial charge in [0.25, 0.3) is 0 Å². The van der Waals surface area contributed by atoms with Gasteiger partial charge in [0.2, 0.25) is 0 Å². The maximum absolute atomic E-state index is 13.0. The lowest BCUT2D eigenvalue weighted by Crippen LogP contribution is -2.37. The van der Waals surface area contributed by atoms with E-state index >= 15 is 0 Å². The molecule has 0 aliphatic rings. The Hall–Kier alpha value is -4.91. The highest BCUT2D eigenvalue weighted by Gasteiger charge is 2.22. The highest BCUT2D eigenvalue weighted by atomic mass is 16.6. The number of aromatic amines is 1. The summed E-state index contributed by atoms with van der Waals surface area (Å²) in [5.41, 5.74) is 3.29. The van der Waals surface area contributed by atoms with Gasteiger partial charge in [-0.05, 0) is 50.5 Å². The summed E-state index contributed by atoms with van der Waals surface area (Å²) < 4.78 is 11.3. The largest absolute Gasteiger partial charge is 0.496 e. The molecule has 4 rings (SSSR count). The molecule has 0 bridgehead atoms. The second-order valence-electron chi connectivity index (χ2n) is 9.86. The zero-order valence-corrected chi connectivity index (χ0v) is 22.4. The van der Waals surface area contributed by atoms with E-state index in [0.717, 1.165) is 22.4 Å².